The zero-order valence-electron chi connectivity index (χ0n) is 17.2. The first-order valence-corrected chi connectivity index (χ1v) is 10.3. The van der Waals surface area contributed by atoms with E-state index in [1.807, 2.05) is 62.4 Å². The maximum absolute atomic E-state index is 13.4. The van der Waals surface area contributed by atoms with Gasteiger partial charge in [-0.2, -0.15) is 0 Å². The molecule has 0 unspecified atom stereocenters. The molecular formula is C25H21ClN2O3. The van der Waals surface area contributed by atoms with Crippen LogP contribution in [0.1, 0.15) is 18.1 Å². The van der Waals surface area contributed by atoms with Gasteiger partial charge in [-0.3, -0.25) is 9.59 Å². The fourth-order valence-corrected chi connectivity index (χ4v) is 3.62. The molecule has 0 radical (unpaired) electrons. The quantitative estimate of drug-likeness (QED) is 0.526. The Morgan fingerprint density at radius 1 is 0.935 bits per heavy atom. The predicted molar refractivity (Wildman–Crippen MR) is 123 cm³/mol. The van der Waals surface area contributed by atoms with Gasteiger partial charge in [0.25, 0.3) is 11.8 Å². The Hall–Kier alpha value is -3.57. The number of halogens is 1. The summed E-state index contributed by atoms with van der Waals surface area (Å²) in [5, 5.41) is 3.64. The van der Waals surface area contributed by atoms with E-state index in [4.69, 9.17) is 16.3 Å². The zero-order valence-corrected chi connectivity index (χ0v) is 17.9. The van der Waals surface area contributed by atoms with Gasteiger partial charge < -0.3 is 10.1 Å². The molecule has 0 spiro atoms. The van der Waals surface area contributed by atoms with E-state index in [2.05, 4.69) is 5.32 Å². The molecule has 1 heterocycles. The number of rotatable bonds is 6. The Bertz CT molecular complexity index is 1190. The van der Waals surface area contributed by atoms with Crippen molar-refractivity contribution in [2.75, 3.05) is 16.8 Å². The van der Waals surface area contributed by atoms with Gasteiger partial charge in [0.1, 0.15) is 11.4 Å². The third-order valence-corrected chi connectivity index (χ3v) is 5.38. The van der Waals surface area contributed by atoms with E-state index in [0.29, 0.717) is 39.9 Å². The van der Waals surface area contributed by atoms with E-state index in [1.165, 1.54) is 0 Å². The maximum atomic E-state index is 13.4. The molecule has 0 fully saturated rings. The molecule has 0 saturated heterocycles. The number of hydrogen-bond acceptors (Lipinski definition) is 4. The zero-order chi connectivity index (χ0) is 22.0. The number of carbonyl (C=O) groups excluding carboxylic acids is 2. The standard InChI is InChI=1S/C25H21ClN2O3/c1-3-31-20-11-7-10-18(14-20)27-23-22(17-8-5-4-6-9-17)24(29)28(25(23)30)19-13-12-16(2)21(26)15-19/h4-15,27H,3H2,1-2H3. The van der Waals surface area contributed by atoms with E-state index in [-0.39, 0.29) is 5.70 Å². The van der Waals surface area contributed by atoms with Gasteiger partial charge in [0.05, 0.1) is 17.9 Å². The largest absolute Gasteiger partial charge is 0.494 e. The molecule has 3 aromatic carbocycles. The van der Waals surface area contributed by atoms with Gasteiger partial charge in [0, 0.05) is 16.8 Å². The van der Waals surface area contributed by atoms with Gasteiger partial charge in [-0.25, -0.2) is 4.90 Å². The number of nitrogens with zero attached hydrogens (tertiary/aromatic N) is 1. The van der Waals surface area contributed by atoms with Crippen molar-refractivity contribution in [1.29, 1.82) is 0 Å². The highest BCUT2D eigenvalue weighted by molar-refractivity contribution is 6.46. The summed E-state index contributed by atoms with van der Waals surface area (Å²) in [6.07, 6.45) is 0. The smallest absolute Gasteiger partial charge is 0.282 e. The Balaban J connectivity index is 1.79. The van der Waals surface area contributed by atoms with Gasteiger partial charge in [0.15, 0.2) is 0 Å². The number of nitrogens with one attached hydrogen (secondary N) is 1. The van der Waals surface area contributed by atoms with Crippen molar-refractivity contribution < 1.29 is 14.3 Å². The Morgan fingerprint density at radius 2 is 1.71 bits per heavy atom. The van der Waals surface area contributed by atoms with Crippen LogP contribution in [0.15, 0.2) is 78.5 Å². The molecule has 2 amide bonds. The van der Waals surface area contributed by atoms with E-state index in [9.17, 15) is 9.59 Å². The average molecular weight is 433 g/mol. The van der Waals surface area contributed by atoms with Crippen LogP contribution in [0, 0.1) is 6.92 Å². The van der Waals surface area contributed by atoms with Crippen LogP contribution in [0.2, 0.25) is 5.02 Å². The normalized spacial score (nSPS) is 13.7. The predicted octanol–water partition coefficient (Wildman–Crippen LogP) is 5.44. The first kappa shape index (κ1) is 20.7. The molecule has 6 heteroatoms. The molecule has 0 bridgehead atoms. The topological polar surface area (TPSA) is 58.6 Å². The molecule has 1 aliphatic heterocycles. The lowest BCUT2D eigenvalue weighted by molar-refractivity contribution is -0.120. The van der Waals surface area contributed by atoms with Gasteiger partial charge >= 0.3 is 0 Å². The summed E-state index contributed by atoms with van der Waals surface area (Å²) >= 11 is 6.26. The fourth-order valence-electron chi connectivity index (χ4n) is 3.45. The van der Waals surface area contributed by atoms with E-state index < -0.39 is 11.8 Å². The van der Waals surface area contributed by atoms with Crippen LogP contribution in [-0.4, -0.2) is 18.4 Å². The van der Waals surface area contributed by atoms with Gasteiger partial charge in [-0.05, 0) is 49.2 Å². The SMILES string of the molecule is CCOc1cccc(NC2=C(c3ccccc3)C(=O)N(c3ccc(C)c(Cl)c3)C2=O)c1. The Morgan fingerprint density at radius 3 is 2.42 bits per heavy atom. The lowest BCUT2D eigenvalue weighted by Gasteiger charge is -2.16. The van der Waals surface area contributed by atoms with Crippen molar-refractivity contribution in [3.63, 3.8) is 0 Å². The van der Waals surface area contributed by atoms with Crippen LogP contribution in [0.5, 0.6) is 5.75 Å². The van der Waals surface area contributed by atoms with Crippen LogP contribution < -0.4 is 15.0 Å². The number of hydrogen-bond donors (Lipinski definition) is 1. The minimum atomic E-state index is -0.439. The maximum Gasteiger partial charge on any atom is 0.282 e. The summed E-state index contributed by atoms with van der Waals surface area (Å²) in [5.74, 6) is -0.168. The number of ether oxygens (including phenoxy) is 1. The highest BCUT2D eigenvalue weighted by Crippen LogP contribution is 2.35. The van der Waals surface area contributed by atoms with Crippen LogP contribution in [-0.2, 0) is 9.59 Å². The number of anilines is 2. The second-order valence-corrected chi connectivity index (χ2v) is 7.49. The molecule has 3 aromatic rings. The molecule has 31 heavy (non-hydrogen) atoms. The van der Waals surface area contributed by atoms with Crippen LogP contribution >= 0.6 is 11.6 Å². The minimum absolute atomic E-state index is 0.210. The van der Waals surface area contributed by atoms with E-state index in [0.717, 1.165) is 10.5 Å². The van der Waals surface area contributed by atoms with Gasteiger partial charge in [-0.15, -0.1) is 0 Å². The fraction of sp³-hybridized carbons (Fsp3) is 0.120. The summed E-state index contributed by atoms with van der Waals surface area (Å²) in [7, 11) is 0. The summed E-state index contributed by atoms with van der Waals surface area (Å²) in [6.45, 7) is 4.30. The molecule has 156 valence electrons. The lowest BCUT2D eigenvalue weighted by atomic mass is 10.0. The van der Waals surface area contributed by atoms with Crippen molar-refractivity contribution in [1.82, 2.24) is 0 Å². The molecule has 0 saturated carbocycles. The third kappa shape index (κ3) is 4.05. The highest BCUT2D eigenvalue weighted by Gasteiger charge is 2.40. The highest BCUT2D eigenvalue weighted by atomic mass is 35.5. The van der Waals surface area contributed by atoms with Crippen LogP contribution in [0.25, 0.3) is 5.57 Å². The summed E-state index contributed by atoms with van der Waals surface area (Å²) in [5.41, 5.74) is 3.13. The Labute approximate surface area is 185 Å². The van der Waals surface area contributed by atoms with Crippen LogP contribution in [0.4, 0.5) is 11.4 Å². The second kappa shape index (κ2) is 8.66. The van der Waals surface area contributed by atoms with Crippen molar-refractivity contribution in [2.45, 2.75) is 13.8 Å². The number of carbonyl (C=O) groups is 2. The summed E-state index contributed by atoms with van der Waals surface area (Å²) < 4.78 is 5.55. The number of amides is 2. The monoisotopic (exact) mass is 432 g/mol. The number of aryl methyl sites for hydroxylation is 1. The van der Waals surface area contributed by atoms with Gasteiger partial charge in [-0.1, -0.05) is 54.1 Å². The molecular weight excluding hydrogens is 412 g/mol. The van der Waals surface area contributed by atoms with E-state index in [1.54, 1.807) is 24.3 Å². The average Bonchev–Trinajstić information content (AvgIpc) is 3.01. The van der Waals surface area contributed by atoms with Crippen molar-refractivity contribution in [3.8, 4) is 5.75 Å². The van der Waals surface area contributed by atoms with Crippen molar-refractivity contribution in [3.05, 3.63) is 94.6 Å². The molecule has 0 aliphatic carbocycles. The molecule has 0 aromatic heterocycles. The van der Waals surface area contributed by atoms with E-state index >= 15 is 0 Å². The number of imide groups is 1. The molecule has 1 N–H and O–H groups in total. The molecule has 4 rings (SSSR count). The molecule has 5 nitrogen and oxygen atoms in total. The Kier molecular flexibility index (Phi) is 5.78. The first-order valence-electron chi connectivity index (χ1n) is 9.94. The minimum Gasteiger partial charge on any atom is -0.494 e. The second-order valence-electron chi connectivity index (χ2n) is 7.08. The summed E-state index contributed by atoms with van der Waals surface area (Å²) in [6, 6.07) is 21.6. The third-order valence-electron chi connectivity index (χ3n) is 4.97. The first-order chi connectivity index (χ1) is 15.0. The lowest BCUT2D eigenvalue weighted by Crippen LogP contribution is -2.32. The molecule has 0 atom stereocenters. The van der Waals surface area contributed by atoms with Crippen LogP contribution in [0.3, 0.4) is 0 Å². The van der Waals surface area contributed by atoms with Crippen molar-refractivity contribution >= 4 is 40.4 Å². The van der Waals surface area contributed by atoms with Gasteiger partial charge in [0.2, 0.25) is 0 Å². The molecule has 1 aliphatic rings. The summed E-state index contributed by atoms with van der Waals surface area (Å²) in [4.78, 5) is 28.0. The number of benzene rings is 3. The van der Waals surface area contributed by atoms with Crippen molar-refractivity contribution in [2.24, 2.45) is 0 Å².